The maximum Gasteiger partial charge on any atom is 0.279 e. The molecule has 0 fully saturated rings. The number of pyridine rings is 1. The highest BCUT2D eigenvalue weighted by molar-refractivity contribution is 9.10. The van der Waals surface area contributed by atoms with Gasteiger partial charge >= 0.3 is 0 Å². The van der Waals surface area contributed by atoms with Gasteiger partial charge in [-0.2, -0.15) is 0 Å². The standard InChI is InChI=1S/C20H18BrN2O.BrH/c21-18-11-9-17(10-12-18)20(24)15-22-13-5-4-8-19(22)23(20)14-16-6-2-1-3-7-16;/h1-13,24H,14-15H2;1H/q+1;/p-1. The van der Waals surface area contributed by atoms with Gasteiger partial charge in [-0.05, 0) is 23.8 Å². The first-order valence-corrected chi connectivity index (χ1v) is 8.74. The summed E-state index contributed by atoms with van der Waals surface area (Å²) in [6.07, 6.45) is 2.02. The molecule has 0 saturated heterocycles. The van der Waals surface area contributed by atoms with E-state index in [1.807, 2.05) is 60.8 Å². The lowest BCUT2D eigenvalue weighted by Gasteiger charge is -2.27. The van der Waals surface area contributed by atoms with E-state index in [-0.39, 0.29) is 17.0 Å². The van der Waals surface area contributed by atoms with Crippen molar-refractivity contribution in [1.82, 2.24) is 0 Å². The number of aromatic nitrogens is 1. The van der Waals surface area contributed by atoms with E-state index in [9.17, 15) is 5.11 Å². The van der Waals surface area contributed by atoms with Gasteiger partial charge in [-0.25, -0.2) is 9.47 Å². The fourth-order valence-electron chi connectivity index (χ4n) is 3.30. The van der Waals surface area contributed by atoms with Gasteiger partial charge in [-0.3, -0.25) is 0 Å². The molecule has 0 aliphatic carbocycles. The average molecular weight is 462 g/mol. The molecule has 4 rings (SSSR count). The van der Waals surface area contributed by atoms with Crippen molar-refractivity contribution in [1.29, 1.82) is 0 Å². The van der Waals surface area contributed by atoms with Crippen molar-refractivity contribution in [3.8, 4) is 0 Å². The SMILES string of the molecule is OC1(c2ccc(Br)cc2)C[n+]2ccccc2N1Cc1ccccc1.[Br-]. The maximum absolute atomic E-state index is 11.6. The molecule has 1 unspecified atom stereocenters. The molecule has 0 radical (unpaired) electrons. The molecule has 3 nitrogen and oxygen atoms in total. The van der Waals surface area contributed by atoms with Crippen LogP contribution in [0.1, 0.15) is 11.1 Å². The van der Waals surface area contributed by atoms with Crippen LogP contribution in [0, 0.1) is 0 Å². The van der Waals surface area contributed by atoms with Crippen LogP contribution in [0.2, 0.25) is 0 Å². The fraction of sp³-hybridized carbons (Fsp3) is 0.150. The molecule has 128 valence electrons. The van der Waals surface area contributed by atoms with E-state index in [4.69, 9.17) is 0 Å². The molecule has 1 N–H and O–H groups in total. The molecular formula is C20H18Br2N2O. The third-order valence-electron chi connectivity index (χ3n) is 4.52. The van der Waals surface area contributed by atoms with Crippen LogP contribution in [0.4, 0.5) is 5.82 Å². The summed E-state index contributed by atoms with van der Waals surface area (Å²) >= 11 is 3.47. The monoisotopic (exact) mass is 460 g/mol. The number of fused-ring (bicyclic) bond motifs is 1. The first kappa shape index (κ1) is 18.1. The van der Waals surface area contributed by atoms with E-state index in [0.29, 0.717) is 13.1 Å². The third-order valence-corrected chi connectivity index (χ3v) is 5.05. The normalized spacial score (nSPS) is 18.6. The lowest BCUT2D eigenvalue weighted by molar-refractivity contribution is -0.683. The third kappa shape index (κ3) is 3.36. The molecule has 1 aromatic heterocycles. The Bertz CT molecular complexity index is 855. The summed E-state index contributed by atoms with van der Waals surface area (Å²) in [7, 11) is 0. The topological polar surface area (TPSA) is 27.4 Å². The van der Waals surface area contributed by atoms with Crippen LogP contribution in [0.5, 0.6) is 0 Å². The molecule has 2 aromatic carbocycles. The Morgan fingerprint density at radius 1 is 0.960 bits per heavy atom. The molecule has 0 amide bonds. The maximum atomic E-state index is 11.6. The van der Waals surface area contributed by atoms with Crippen molar-refractivity contribution in [2.24, 2.45) is 0 Å². The fourth-order valence-corrected chi connectivity index (χ4v) is 3.56. The van der Waals surface area contributed by atoms with Crippen molar-refractivity contribution in [3.63, 3.8) is 0 Å². The summed E-state index contributed by atoms with van der Waals surface area (Å²) in [5, 5.41) is 11.6. The highest BCUT2D eigenvalue weighted by Crippen LogP contribution is 2.36. The van der Waals surface area contributed by atoms with Crippen LogP contribution < -0.4 is 26.4 Å². The summed E-state index contributed by atoms with van der Waals surface area (Å²) in [6.45, 7) is 1.16. The number of hydrogen-bond donors (Lipinski definition) is 1. The number of nitrogens with zero attached hydrogens (tertiary/aromatic N) is 2. The molecule has 3 aromatic rings. The summed E-state index contributed by atoms with van der Waals surface area (Å²) in [6, 6.07) is 24.2. The highest BCUT2D eigenvalue weighted by Gasteiger charge is 2.51. The van der Waals surface area contributed by atoms with Gasteiger partial charge in [-0.1, -0.05) is 64.5 Å². The Balaban J connectivity index is 0.00000182. The zero-order valence-corrected chi connectivity index (χ0v) is 16.7. The molecule has 2 heterocycles. The predicted octanol–water partition coefficient (Wildman–Crippen LogP) is 0.606. The minimum absolute atomic E-state index is 0. The van der Waals surface area contributed by atoms with Gasteiger partial charge in [0, 0.05) is 16.1 Å². The van der Waals surface area contributed by atoms with E-state index in [1.54, 1.807) is 0 Å². The summed E-state index contributed by atoms with van der Waals surface area (Å²) in [5.41, 5.74) is 1.00. The predicted molar refractivity (Wildman–Crippen MR) is 97.3 cm³/mol. The molecular weight excluding hydrogens is 444 g/mol. The Morgan fingerprint density at radius 3 is 2.36 bits per heavy atom. The van der Waals surface area contributed by atoms with Gasteiger partial charge in [0.15, 0.2) is 6.54 Å². The number of hydrogen-bond acceptors (Lipinski definition) is 2. The van der Waals surface area contributed by atoms with E-state index < -0.39 is 5.72 Å². The Hall–Kier alpha value is -1.69. The van der Waals surface area contributed by atoms with Crippen LogP contribution in [0.3, 0.4) is 0 Å². The minimum atomic E-state index is -1.06. The summed E-state index contributed by atoms with van der Waals surface area (Å²) < 4.78 is 3.11. The zero-order chi connectivity index (χ0) is 16.6. The van der Waals surface area contributed by atoms with Crippen molar-refractivity contribution in [2.75, 3.05) is 4.90 Å². The largest absolute Gasteiger partial charge is 1.00 e. The van der Waals surface area contributed by atoms with E-state index >= 15 is 0 Å². The van der Waals surface area contributed by atoms with Gasteiger partial charge in [0.2, 0.25) is 0 Å². The second-order valence-corrected chi connectivity index (χ2v) is 7.00. The second kappa shape index (κ2) is 7.28. The molecule has 1 aliphatic heterocycles. The quantitative estimate of drug-likeness (QED) is 0.578. The van der Waals surface area contributed by atoms with E-state index in [2.05, 4.69) is 43.6 Å². The van der Waals surface area contributed by atoms with E-state index in [1.165, 1.54) is 5.56 Å². The van der Waals surface area contributed by atoms with Crippen molar-refractivity contribution >= 4 is 21.7 Å². The molecule has 0 bridgehead atoms. The zero-order valence-electron chi connectivity index (χ0n) is 13.5. The van der Waals surface area contributed by atoms with Crippen LogP contribution >= 0.6 is 15.9 Å². The number of halogens is 2. The molecule has 25 heavy (non-hydrogen) atoms. The second-order valence-electron chi connectivity index (χ2n) is 6.08. The highest BCUT2D eigenvalue weighted by atomic mass is 79.9. The summed E-state index contributed by atoms with van der Waals surface area (Å²) in [5.74, 6) is 1.02. The molecule has 0 saturated carbocycles. The van der Waals surface area contributed by atoms with Crippen LogP contribution in [-0.2, 0) is 18.8 Å². The Kier molecular flexibility index (Phi) is 5.27. The lowest BCUT2D eigenvalue weighted by Crippen LogP contribution is -3.00. The first-order chi connectivity index (χ1) is 11.7. The van der Waals surface area contributed by atoms with Gasteiger partial charge < -0.3 is 22.1 Å². The van der Waals surface area contributed by atoms with Gasteiger partial charge in [0.25, 0.3) is 11.5 Å². The molecule has 1 aliphatic rings. The van der Waals surface area contributed by atoms with Gasteiger partial charge in [0.1, 0.15) is 6.54 Å². The first-order valence-electron chi connectivity index (χ1n) is 7.95. The smallest absolute Gasteiger partial charge is 0.279 e. The minimum Gasteiger partial charge on any atom is -1.00 e. The van der Waals surface area contributed by atoms with Gasteiger partial charge in [0.05, 0.1) is 6.20 Å². The van der Waals surface area contributed by atoms with Crippen LogP contribution in [0.15, 0.2) is 83.5 Å². The number of aliphatic hydroxyl groups is 1. The molecule has 1 atom stereocenters. The average Bonchev–Trinajstić information content (AvgIpc) is 2.90. The van der Waals surface area contributed by atoms with Crippen molar-refractivity contribution in [3.05, 3.63) is 94.6 Å². The summed E-state index contributed by atoms with van der Waals surface area (Å²) in [4.78, 5) is 2.07. The van der Waals surface area contributed by atoms with Crippen LogP contribution in [-0.4, -0.2) is 5.11 Å². The van der Waals surface area contributed by atoms with E-state index in [0.717, 1.165) is 15.9 Å². The van der Waals surface area contributed by atoms with Crippen molar-refractivity contribution in [2.45, 2.75) is 18.8 Å². The lowest BCUT2D eigenvalue weighted by atomic mass is 10.0. The Morgan fingerprint density at radius 2 is 1.64 bits per heavy atom. The molecule has 0 spiro atoms. The number of rotatable bonds is 3. The van der Waals surface area contributed by atoms with Gasteiger partial charge in [-0.15, -0.1) is 0 Å². The van der Waals surface area contributed by atoms with Crippen LogP contribution in [0.25, 0.3) is 0 Å². The molecule has 5 heteroatoms. The Labute approximate surface area is 166 Å². The number of benzene rings is 2. The number of anilines is 1. The van der Waals surface area contributed by atoms with Crippen molar-refractivity contribution < 1.29 is 26.7 Å².